The molecule has 0 rings (SSSR count). The predicted molar refractivity (Wildman–Crippen MR) is 70.4 cm³/mol. The van der Waals surface area contributed by atoms with Gasteiger partial charge in [-0.25, -0.2) is 0 Å². The molecule has 0 aliphatic rings. The molecular weight excluding hydrogens is 234 g/mol. The van der Waals surface area contributed by atoms with Crippen LogP contribution < -0.4 is 5.32 Å². The SMILES string of the molecule is COC(=O)CCNCC(O)COCCCC(C)C. The Labute approximate surface area is 110 Å². The van der Waals surface area contributed by atoms with E-state index in [2.05, 4.69) is 23.9 Å². The van der Waals surface area contributed by atoms with E-state index in [1.54, 1.807) is 0 Å². The summed E-state index contributed by atoms with van der Waals surface area (Å²) in [5.41, 5.74) is 0. The molecule has 0 spiro atoms. The number of aliphatic hydroxyl groups excluding tert-OH is 1. The van der Waals surface area contributed by atoms with Crippen LogP contribution in [0.5, 0.6) is 0 Å². The third-order valence-corrected chi connectivity index (χ3v) is 2.49. The minimum absolute atomic E-state index is 0.248. The third kappa shape index (κ3) is 11.8. The van der Waals surface area contributed by atoms with E-state index in [0.29, 0.717) is 38.6 Å². The van der Waals surface area contributed by atoms with Crippen LogP contribution in [0.25, 0.3) is 0 Å². The van der Waals surface area contributed by atoms with Crippen molar-refractivity contribution in [2.45, 2.75) is 39.2 Å². The van der Waals surface area contributed by atoms with Gasteiger partial charge in [-0.15, -0.1) is 0 Å². The summed E-state index contributed by atoms with van der Waals surface area (Å²) in [6.07, 6.45) is 1.97. The Balaban J connectivity index is 3.27. The van der Waals surface area contributed by atoms with E-state index >= 15 is 0 Å². The molecule has 108 valence electrons. The summed E-state index contributed by atoms with van der Waals surface area (Å²) >= 11 is 0. The zero-order chi connectivity index (χ0) is 13.8. The summed E-state index contributed by atoms with van der Waals surface area (Å²) in [6, 6.07) is 0. The van der Waals surface area contributed by atoms with E-state index in [4.69, 9.17) is 4.74 Å². The molecule has 0 fully saturated rings. The van der Waals surface area contributed by atoms with Gasteiger partial charge < -0.3 is 19.9 Å². The zero-order valence-corrected chi connectivity index (χ0v) is 11.8. The van der Waals surface area contributed by atoms with Crippen molar-refractivity contribution in [3.05, 3.63) is 0 Å². The number of hydrogen-bond acceptors (Lipinski definition) is 5. The van der Waals surface area contributed by atoms with Gasteiger partial charge >= 0.3 is 5.97 Å². The molecule has 0 heterocycles. The summed E-state index contributed by atoms with van der Waals surface area (Å²) in [6.45, 7) is 6.33. The molecule has 0 aliphatic carbocycles. The van der Waals surface area contributed by atoms with Crippen LogP contribution in [0, 0.1) is 5.92 Å². The van der Waals surface area contributed by atoms with Crippen LogP contribution in [-0.4, -0.2) is 50.6 Å². The topological polar surface area (TPSA) is 67.8 Å². The van der Waals surface area contributed by atoms with E-state index in [1.807, 2.05) is 0 Å². The number of carbonyl (C=O) groups excluding carboxylic acids is 1. The largest absolute Gasteiger partial charge is 0.469 e. The number of ether oxygens (including phenoxy) is 2. The van der Waals surface area contributed by atoms with Crippen LogP contribution in [0.1, 0.15) is 33.1 Å². The second-order valence-corrected chi connectivity index (χ2v) is 4.80. The minimum Gasteiger partial charge on any atom is -0.469 e. The van der Waals surface area contributed by atoms with Crippen LogP contribution in [-0.2, 0) is 14.3 Å². The van der Waals surface area contributed by atoms with E-state index in [0.717, 1.165) is 12.8 Å². The lowest BCUT2D eigenvalue weighted by atomic mass is 10.1. The first-order valence-electron chi connectivity index (χ1n) is 6.59. The maximum atomic E-state index is 10.8. The average molecular weight is 261 g/mol. The Kier molecular flexibility index (Phi) is 11.0. The van der Waals surface area contributed by atoms with Gasteiger partial charge in [0, 0.05) is 19.7 Å². The summed E-state index contributed by atoms with van der Waals surface area (Å²) in [5, 5.41) is 12.6. The van der Waals surface area contributed by atoms with Gasteiger partial charge in [-0.3, -0.25) is 4.79 Å². The molecule has 5 heteroatoms. The Bertz CT molecular complexity index is 209. The summed E-state index contributed by atoms with van der Waals surface area (Å²) in [4.78, 5) is 10.8. The van der Waals surface area contributed by atoms with Gasteiger partial charge in [0.2, 0.25) is 0 Å². The molecule has 0 amide bonds. The van der Waals surface area contributed by atoms with Crippen molar-refractivity contribution in [1.82, 2.24) is 5.32 Å². The molecule has 0 saturated carbocycles. The van der Waals surface area contributed by atoms with Crippen LogP contribution in [0.15, 0.2) is 0 Å². The van der Waals surface area contributed by atoms with E-state index in [-0.39, 0.29) is 5.97 Å². The molecule has 0 aromatic carbocycles. The highest BCUT2D eigenvalue weighted by Crippen LogP contribution is 2.03. The first kappa shape index (κ1) is 17.4. The lowest BCUT2D eigenvalue weighted by Crippen LogP contribution is -2.32. The van der Waals surface area contributed by atoms with Crippen molar-refractivity contribution in [2.24, 2.45) is 5.92 Å². The maximum absolute atomic E-state index is 10.8. The number of rotatable bonds is 11. The molecule has 0 saturated heterocycles. The highest BCUT2D eigenvalue weighted by atomic mass is 16.5. The van der Waals surface area contributed by atoms with Gasteiger partial charge in [0.25, 0.3) is 0 Å². The highest BCUT2D eigenvalue weighted by Gasteiger charge is 2.05. The first-order valence-corrected chi connectivity index (χ1v) is 6.59. The van der Waals surface area contributed by atoms with Gasteiger partial charge in [-0.1, -0.05) is 13.8 Å². The number of hydrogen-bond donors (Lipinski definition) is 2. The number of nitrogens with one attached hydrogen (secondary N) is 1. The Morgan fingerprint density at radius 3 is 2.72 bits per heavy atom. The van der Waals surface area contributed by atoms with E-state index < -0.39 is 6.10 Å². The van der Waals surface area contributed by atoms with Crippen molar-refractivity contribution in [3.63, 3.8) is 0 Å². The fourth-order valence-electron chi connectivity index (χ4n) is 1.43. The number of esters is 1. The van der Waals surface area contributed by atoms with Crippen LogP contribution in [0.2, 0.25) is 0 Å². The lowest BCUT2D eigenvalue weighted by molar-refractivity contribution is -0.140. The van der Waals surface area contributed by atoms with Crippen molar-refractivity contribution >= 4 is 5.97 Å². The normalized spacial score (nSPS) is 12.7. The van der Waals surface area contributed by atoms with Crippen molar-refractivity contribution in [2.75, 3.05) is 33.4 Å². The van der Waals surface area contributed by atoms with Gasteiger partial charge in [0.15, 0.2) is 0 Å². The second kappa shape index (κ2) is 11.4. The summed E-state index contributed by atoms with van der Waals surface area (Å²) in [5.74, 6) is 0.445. The highest BCUT2D eigenvalue weighted by molar-refractivity contribution is 5.69. The molecule has 1 atom stereocenters. The van der Waals surface area contributed by atoms with E-state index in [9.17, 15) is 9.90 Å². The van der Waals surface area contributed by atoms with Crippen LogP contribution >= 0.6 is 0 Å². The molecule has 2 N–H and O–H groups in total. The molecular formula is C13H27NO4. The Morgan fingerprint density at radius 2 is 2.11 bits per heavy atom. The van der Waals surface area contributed by atoms with Crippen molar-refractivity contribution in [1.29, 1.82) is 0 Å². The molecule has 0 radical (unpaired) electrons. The first-order chi connectivity index (χ1) is 8.56. The lowest BCUT2D eigenvalue weighted by Gasteiger charge is -2.12. The zero-order valence-electron chi connectivity index (χ0n) is 11.8. The van der Waals surface area contributed by atoms with Crippen molar-refractivity contribution in [3.8, 4) is 0 Å². The van der Waals surface area contributed by atoms with E-state index in [1.165, 1.54) is 7.11 Å². The molecule has 18 heavy (non-hydrogen) atoms. The Morgan fingerprint density at radius 1 is 1.39 bits per heavy atom. The average Bonchev–Trinajstić information content (AvgIpc) is 2.33. The van der Waals surface area contributed by atoms with Gasteiger partial charge in [-0.05, 0) is 18.8 Å². The quantitative estimate of drug-likeness (QED) is 0.428. The standard InChI is InChI=1S/C13H27NO4/c1-11(2)5-4-8-18-10-12(15)9-14-7-6-13(16)17-3/h11-12,14-15H,4-10H2,1-3H3. The van der Waals surface area contributed by atoms with Gasteiger partial charge in [0.1, 0.15) is 0 Å². The minimum atomic E-state index is -0.526. The number of aliphatic hydroxyl groups is 1. The smallest absolute Gasteiger partial charge is 0.306 e. The number of carbonyl (C=O) groups is 1. The van der Waals surface area contributed by atoms with Gasteiger partial charge in [0.05, 0.1) is 26.2 Å². The van der Waals surface area contributed by atoms with Crippen LogP contribution in [0.3, 0.4) is 0 Å². The number of methoxy groups -OCH3 is 1. The molecule has 1 unspecified atom stereocenters. The second-order valence-electron chi connectivity index (χ2n) is 4.80. The fraction of sp³-hybridized carbons (Fsp3) is 0.923. The molecule has 5 nitrogen and oxygen atoms in total. The van der Waals surface area contributed by atoms with Crippen molar-refractivity contribution < 1.29 is 19.4 Å². The molecule has 0 aromatic rings. The molecule has 0 bridgehead atoms. The third-order valence-electron chi connectivity index (χ3n) is 2.49. The molecule has 0 aliphatic heterocycles. The summed E-state index contributed by atoms with van der Waals surface area (Å²) in [7, 11) is 1.36. The summed E-state index contributed by atoms with van der Waals surface area (Å²) < 4.78 is 9.87. The molecule has 0 aromatic heterocycles. The maximum Gasteiger partial charge on any atom is 0.306 e. The van der Waals surface area contributed by atoms with Crippen LogP contribution in [0.4, 0.5) is 0 Å². The monoisotopic (exact) mass is 261 g/mol. The van der Waals surface area contributed by atoms with Gasteiger partial charge in [-0.2, -0.15) is 0 Å². The predicted octanol–water partition coefficient (Wildman–Crippen LogP) is 0.953. The Hall–Kier alpha value is -0.650. The fourth-order valence-corrected chi connectivity index (χ4v) is 1.43.